The molecule has 0 aromatic rings. The Morgan fingerprint density at radius 2 is 1.78 bits per heavy atom. The molecule has 0 N–H and O–H groups in total. The minimum atomic E-state index is 1.05. The molecule has 0 aliphatic carbocycles. The quantitative estimate of drug-likeness (QED) is 0.411. The van der Waals surface area contributed by atoms with Crippen molar-refractivity contribution < 1.29 is 0 Å². The molecule has 0 saturated carbocycles. The fraction of sp³-hybridized carbons (Fsp3) is 0.500. The van der Waals surface area contributed by atoms with Gasteiger partial charge in [0.15, 0.2) is 0 Å². The zero-order chi connectivity index (χ0) is 7.44. The minimum absolute atomic E-state index is 1.05. The lowest BCUT2D eigenvalue weighted by Crippen LogP contribution is -1.85. The van der Waals surface area contributed by atoms with Gasteiger partial charge >= 0.3 is 0 Å². The van der Waals surface area contributed by atoms with Gasteiger partial charge in [0.05, 0.1) is 0 Å². The Kier molecular flexibility index (Phi) is 3.81. The number of hydrogen-bond donors (Lipinski definition) is 0. The van der Waals surface area contributed by atoms with E-state index < -0.39 is 0 Å². The standard InChI is InChI=1S/C8H15P/c1-6(2)8(4)7(3)5-9/h1,5,9H2,2-4H3/b8-7+. The Bertz CT molecular complexity index is 143. The smallest absolute Gasteiger partial charge is 0.0167 e. The molecule has 0 bridgehead atoms. The predicted molar refractivity (Wildman–Crippen MR) is 47.8 cm³/mol. The monoisotopic (exact) mass is 142 g/mol. The summed E-state index contributed by atoms with van der Waals surface area (Å²) in [4.78, 5) is 0. The molecule has 0 aromatic carbocycles. The van der Waals surface area contributed by atoms with E-state index in [2.05, 4.69) is 29.7 Å². The van der Waals surface area contributed by atoms with Gasteiger partial charge in [0, 0.05) is 0 Å². The highest BCUT2D eigenvalue weighted by Crippen LogP contribution is 2.12. The Morgan fingerprint density at radius 3 is 1.89 bits per heavy atom. The first-order valence-corrected chi connectivity index (χ1v) is 3.93. The minimum Gasteiger partial charge on any atom is -0.133 e. The zero-order valence-corrected chi connectivity index (χ0v) is 7.65. The summed E-state index contributed by atoms with van der Waals surface area (Å²) in [6, 6.07) is 0. The molecule has 1 atom stereocenters. The maximum atomic E-state index is 3.86. The summed E-state index contributed by atoms with van der Waals surface area (Å²) < 4.78 is 0. The summed E-state index contributed by atoms with van der Waals surface area (Å²) in [5.74, 6) is 0. The molecule has 0 aliphatic rings. The van der Waals surface area contributed by atoms with Gasteiger partial charge in [0.25, 0.3) is 0 Å². The zero-order valence-electron chi connectivity index (χ0n) is 6.49. The topological polar surface area (TPSA) is 0 Å². The van der Waals surface area contributed by atoms with E-state index in [0.29, 0.717) is 0 Å². The van der Waals surface area contributed by atoms with Crippen molar-refractivity contribution >= 4 is 9.24 Å². The van der Waals surface area contributed by atoms with Crippen LogP contribution in [0.3, 0.4) is 0 Å². The third-order valence-electron chi connectivity index (χ3n) is 1.59. The van der Waals surface area contributed by atoms with E-state index in [4.69, 9.17) is 0 Å². The molecule has 52 valence electrons. The average molecular weight is 142 g/mol. The van der Waals surface area contributed by atoms with Crippen LogP contribution in [0.4, 0.5) is 0 Å². The summed E-state index contributed by atoms with van der Waals surface area (Å²) in [6.45, 7) is 10.1. The average Bonchev–Trinajstić information content (AvgIpc) is 1.84. The van der Waals surface area contributed by atoms with Crippen LogP contribution in [0.25, 0.3) is 0 Å². The van der Waals surface area contributed by atoms with Gasteiger partial charge in [-0.25, -0.2) is 0 Å². The van der Waals surface area contributed by atoms with Crippen LogP contribution in [-0.4, -0.2) is 6.16 Å². The first kappa shape index (κ1) is 8.91. The molecule has 0 amide bonds. The van der Waals surface area contributed by atoms with Crippen LogP contribution in [-0.2, 0) is 0 Å². The van der Waals surface area contributed by atoms with Crippen LogP contribution < -0.4 is 0 Å². The summed E-state index contributed by atoms with van der Waals surface area (Å²) in [5, 5.41) is 0. The third-order valence-corrected chi connectivity index (χ3v) is 2.20. The Hall–Kier alpha value is -0.0900. The Morgan fingerprint density at radius 1 is 1.33 bits per heavy atom. The van der Waals surface area contributed by atoms with Crippen LogP contribution in [0.1, 0.15) is 20.8 Å². The second-order valence-electron chi connectivity index (χ2n) is 2.39. The lowest BCUT2D eigenvalue weighted by Gasteiger charge is -2.02. The molecule has 0 aromatic heterocycles. The molecule has 1 heteroatoms. The van der Waals surface area contributed by atoms with E-state index in [1.165, 1.54) is 16.7 Å². The molecule has 0 saturated heterocycles. The summed E-state index contributed by atoms with van der Waals surface area (Å²) >= 11 is 0. The van der Waals surface area contributed by atoms with Crippen molar-refractivity contribution in [1.82, 2.24) is 0 Å². The van der Waals surface area contributed by atoms with Crippen LogP contribution in [0, 0.1) is 0 Å². The maximum absolute atomic E-state index is 3.86. The molecule has 0 radical (unpaired) electrons. The maximum Gasteiger partial charge on any atom is -0.0167 e. The second-order valence-corrected chi connectivity index (χ2v) is 2.80. The van der Waals surface area contributed by atoms with Crippen LogP contribution in [0.15, 0.2) is 23.3 Å². The van der Waals surface area contributed by atoms with Crippen molar-refractivity contribution in [2.75, 3.05) is 6.16 Å². The van der Waals surface area contributed by atoms with Crippen LogP contribution in [0.2, 0.25) is 0 Å². The van der Waals surface area contributed by atoms with Crippen molar-refractivity contribution in [1.29, 1.82) is 0 Å². The molecule has 0 nitrogen and oxygen atoms in total. The molecule has 0 spiro atoms. The van der Waals surface area contributed by atoms with Gasteiger partial charge in [-0.1, -0.05) is 17.7 Å². The van der Waals surface area contributed by atoms with E-state index >= 15 is 0 Å². The van der Waals surface area contributed by atoms with E-state index in [9.17, 15) is 0 Å². The van der Waals surface area contributed by atoms with E-state index in [0.717, 1.165) is 6.16 Å². The fourth-order valence-electron chi connectivity index (χ4n) is 0.517. The highest BCUT2D eigenvalue weighted by molar-refractivity contribution is 7.16. The normalized spacial score (nSPS) is 12.9. The first-order valence-electron chi connectivity index (χ1n) is 3.12. The predicted octanol–water partition coefficient (Wildman–Crippen LogP) is 2.77. The van der Waals surface area contributed by atoms with Gasteiger partial charge in [0.1, 0.15) is 0 Å². The molecule has 0 fully saturated rings. The van der Waals surface area contributed by atoms with Gasteiger partial charge in [-0.05, 0) is 32.5 Å². The number of rotatable bonds is 2. The lowest BCUT2D eigenvalue weighted by atomic mass is 10.1. The van der Waals surface area contributed by atoms with E-state index in [1.807, 2.05) is 6.92 Å². The molecular weight excluding hydrogens is 127 g/mol. The lowest BCUT2D eigenvalue weighted by molar-refractivity contribution is 1.24. The van der Waals surface area contributed by atoms with Crippen molar-refractivity contribution in [3.05, 3.63) is 23.3 Å². The molecular formula is C8H15P. The largest absolute Gasteiger partial charge is 0.133 e. The summed E-state index contributed by atoms with van der Waals surface area (Å²) in [5.41, 5.74) is 3.92. The van der Waals surface area contributed by atoms with E-state index in [1.54, 1.807) is 0 Å². The van der Waals surface area contributed by atoms with Gasteiger partial charge in [0.2, 0.25) is 0 Å². The SMILES string of the molecule is C=C(C)/C(C)=C(\C)CP. The van der Waals surface area contributed by atoms with Gasteiger partial charge in [-0.15, -0.1) is 9.24 Å². The Labute approximate surface area is 60.2 Å². The molecule has 9 heavy (non-hydrogen) atoms. The van der Waals surface area contributed by atoms with Crippen molar-refractivity contribution in [3.8, 4) is 0 Å². The van der Waals surface area contributed by atoms with Crippen molar-refractivity contribution in [2.45, 2.75) is 20.8 Å². The first-order chi connectivity index (χ1) is 4.09. The molecule has 0 aliphatic heterocycles. The highest BCUT2D eigenvalue weighted by atomic mass is 31.0. The molecule has 0 heterocycles. The highest BCUT2D eigenvalue weighted by Gasteiger charge is 1.92. The van der Waals surface area contributed by atoms with Crippen LogP contribution >= 0.6 is 9.24 Å². The van der Waals surface area contributed by atoms with E-state index in [-0.39, 0.29) is 0 Å². The van der Waals surface area contributed by atoms with Crippen molar-refractivity contribution in [2.24, 2.45) is 0 Å². The second kappa shape index (κ2) is 3.85. The summed E-state index contributed by atoms with van der Waals surface area (Å²) in [6.07, 6.45) is 1.05. The fourth-order valence-corrected chi connectivity index (χ4v) is 0.824. The molecule has 1 unspecified atom stereocenters. The summed E-state index contributed by atoms with van der Waals surface area (Å²) in [7, 11) is 2.71. The molecule has 0 rings (SSSR count). The number of allylic oxidation sites excluding steroid dienone is 3. The van der Waals surface area contributed by atoms with Gasteiger partial charge in [-0.2, -0.15) is 0 Å². The van der Waals surface area contributed by atoms with Crippen LogP contribution in [0.5, 0.6) is 0 Å². The van der Waals surface area contributed by atoms with Gasteiger partial charge in [-0.3, -0.25) is 0 Å². The number of hydrogen-bond acceptors (Lipinski definition) is 0. The third kappa shape index (κ3) is 2.81. The van der Waals surface area contributed by atoms with Gasteiger partial charge < -0.3 is 0 Å². The Balaban J connectivity index is 4.28. The van der Waals surface area contributed by atoms with Crippen molar-refractivity contribution in [3.63, 3.8) is 0 Å².